The lowest BCUT2D eigenvalue weighted by Gasteiger charge is -2.14. The number of benzene rings is 2. The number of amides is 3. The van der Waals surface area contributed by atoms with Gasteiger partial charge in [0.2, 0.25) is 5.91 Å². The Labute approximate surface area is 158 Å². The number of nitrogens with one attached hydrogen (secondary N) is 1. The van der Waals surface area contributed by atoms with Crippen molar-refractivity contribution in [3.63, 3.8) is 0 Å². The third-order valence-electron chi connectivity index (χ3n) is 3.79. The lowest BCUT2D eigenvalue weighted by Crippen LogP contribution is -2.37. The summed E-state index contributed by atoms with van der Waals surface area (Å²) in [4.78, 5) is 37.9. The maximum absolute atomic E-state index is 12.4. The molecule has 0 unspecified atom stereocenters. The minimum Gasteiger partial charge on any atom is -0.324 e. The molecule has 3 rings (SSSR count). The highest BCUT2D eigenvalue weighted by molar-refractivity contribution is 6.43. The summed E-state index contributed by atoms with van der Waals surface area (Å²) in [5.41, 5.74) is 1.58. The van der Waals surface area contributed by atoms with Crippen LogP contribution >= 0.6 is 34.8 Å². The smallest absolute Gasteiger partial charge is 0.262 e. The summed E-state index contributed by atoms with van der Waals surface area (Å²) >= 11 is 17.7. The molecule has 1 N–H and O–H groups in total. The van der Waals surface area contributed by atoms with Crippen molar-refractivity contribution in [2.24, 2.45) is 0 Å². The summed E-state index contributed by atoms with van der Waals surface area (Å²) in [5, 5.41) is 3.45. The molecule has 0 atom stereocenters. The molecular formula is C17H11Cl3N2O3. The van der Waals surface area contributed by atoms with Crippen molar-refractivity contribution in [3.05, 3.63) is 62.1 Å². The molecule has 0 radical (unpaired) electrons. The highest BCUT2D eigenvalue weighted by Crippen LogP contribution is 2.31. The normalized spacial score (nSPS) is 13.2. The first-order chi connectivity index (χ1) is 11.8. The van der Waals surface area contributed by atoms with Crippen molar-refractivity contribution in [1.82, 2.24) is 4.90 Å². The standard InChI is InChI=1S/C17H11Cl3N2O3/c1-8-2-3-9(18)4-14(8)21-15(23)7-22-16(24)10-5-12(19)13(20)6-11(10)17(22)25/h2-6H,7H2,1H3,(H,21,23). The number of nitrogens with zero attached hydrogens (tertiary/aromatic N) is 1. The van der Waals surface area contributed by atoms with Crippen LogP contribution in [0.4, 0.5) is 5.69 Å². The van der Waals surface area contributed by atoms with E-state index in [1.54, 1.807) is 25.1 Å². The van der Waals surface area contributed by atoms with E-state index in [2.05, 4.69) is 5.32 Å². The van der Waals surface area contributed by atoms with E-state index in [9.17, 15) is 14.4 Å². The Morgan fingerprint density at radius 1 is 1.00 bits per heavy atom. The van der Waals surface area contributed by atoms with Gasteiger partial charge in [-0.3, -0.25) is 19.3 Å². The van der Waals surface area contributed by atoms with Gasteiger partial charge in [-0.25, -0.2) is 0 Å². The van der Waals surface area contributed by atoms with Crippen LogP contribution in [0.5, 0.6) is 0 Å². The average Bonchev–Trinajstić information content (AvgIpc) is 2.76. The van der Waals surface area contributed by atoms with Crippen LogP contribution in [0.1, 0.15) is 26.3 Å². The number of aryl methyl sites for hydroxylation is 1. The van der Waals surface area contributed by atoms with Crippen molar-refractivity contribution >= 4 is 58.2 Å². The first kappa shape index (κ1) is 17.7. The first-order valence-electron chi connectivity index (χ1n) is 7.19. The van der Waals surface area contributed by atoms with Crippen LogP contribution < -0.4 is 5.32 Å². The van der Waals surface area contributed by atoms with Crippen LogP contribution in [0, 0.1) is 6.92 Å². The number of carbonyl (C=O) groups is 3. The quantitative estimate of drug-likeness (QED) is 0.790. The fraction of sp³-hybridized carbons (Fsp3) is 0.118. The molecule has 0 saturated carbocycles. The fourth-order valence-electron chi connectivity index (χ4n) is 2.49. The van der Waals surface area contributed by atoms with Crippen molar-refractivity contribution < 1.29 is 14.4 Å². The average molecular weight is 398 g/mol. The van der Waals surface area contributed by atoms with Gasteiger partial charge in [0.15, 0.2) is 0 Å². The zero-order chi connectivity index (χ0) is 18.3. The van der Waals surface area contributed by atoms with Gasteiger partial charge in [0.05, 0.1) is 21.2 Å². The van der Waals surface area contributed by atoms with Crippen LogP contribution in [-0.2, 0) is 4.79 Å². The molecule has 1 heterocycles. The van der Waals surface area contributed by atoms with E-state index in [0.717, 1.165) is 10.5 Å². The second kappa shape index (κ2) is 6.67. The van der Waals surface area contributed by atoms with Gasteiger partial charge in [-0.2, -0.15) is 0 Å². The molecule has 1 aliphatic rings. The zero-order valence-electron chi connectivity index (χ0n) is 12.9. The van der Waals surface area contributed by atoms with Gasteiger partial charge in [-0.1, -0.05) is 40.9 Å². The predicted molar refractivity (Wildman–Crippen MR) is 96.6 cm³/mol. The lowest BCUT2D eigenvalue weighted by molar-refractivity contribution is -0.116. The molecule has 2 aromatic carbocycles. The summed E-state index contributed by atoms with van der Waals surface area (Å²) in [6.45, 7) is 1.38. The number of carbonyl (C=O) groups excluding carboxylic acids is 3. The highest BCUT2D eigenvalue weighted by Gasteiger charge is 2.37. The lowest BCUT2D eigenvalue weighted by atomic mass is 10.1. The Hall–Kier alpha value is -2.08. The molecule has 2 aromatic rings. The van der Waals surface area contributed by atoms with E-state index in [1.165, 1.54) is 12.1 Å². The molecule has 0 bridgehead atoms. The number of rotatable bonds is 3. The fourth-order valence-corrected chi connectivity index (χ4v) is 2.99. The van der Waals surface area contributed by atoms with E-state index in [1.807, 2.05) is 0 Å². The minimum absolute atomic E-state index is 0.131. The Balaban J connectivity index is 1.79. The van der Waals surface area contributed by atoms with Gasteiger partial charge < -0.3 is 5.32 Å². The van der Waals surface area contributed by atoms with Gasteiger partial charge in [-0.05, 0) is 36.8 Å². The third kappa shape index (κ3) is 3.35. The molecule has 0 aromatic heterocycles. The van der Waals surface area contributed by atoms with E-state index >= 15 is 0 Å². The Morgan fingerprint density at radius 3 is 2.12 bits per heavy atom. The van der Waals surface area contributed by atoms with Crippen LogP contribution in [-0.4, -0.2) is 29.2 Å². The molecule has 0 saturated heterocycles. The molecule has 0 fully saturated rings. The Kier molecular flexibility index (Phi) is 4.73. The van der Waals surface area contributed by atoms with E-state index in [-0.39, 0.29) is 21.2 Å². The van der Waals surface area contributed by atoms with E-state index in [4.69, 9.17) is 34.8 Å². The second-order valence-corrected chi connectivity index (χ2v) is 6.77. The number of hydrogen-bond acceptors (Lipinski definition) is 3. The molecule has 8 heteroatoms. The Morgan fingerprint density at radius 2 is 1.56 bits per heavy atom. The van der Waals surface area contributed by atoms with Gasteiger partial charge in [0.1, 0.15) is 6.54 Å². The van der Waals surface area contributed by atoms with Gasteiger partial charge >= 0.3 is 0 Å². The summed E-state index contributed by atoms with van der Waals surface area (Å²) in [6, 6.07) is 7.71. The summed E-state index contributed by atoms with van der Waals surface area (Å²) in [7, 11) is 0. The number of fused-ring (bicyclic) bond motifs is 1. The molecule has 3 amide bonds. The topological polar surface area (TPSA) is 66.5 Å². The zero-order valence-corrected chi connectivity index (χ0v) is 15.2. The SMILES string of the molecule is Cc1ccc(Cl)cc1NC(=O)CN1C(=O)c2cc(Cl)c(Cl)cc2C1=O. The number of hydrogen-bond donors (Lipinski definition) is 1. The molecule has 25 heavy (non-hydrogen) atoms. The molecule has 0 spiro atoms. The van der Waals surface area contributed by atoms with Crippen molar-refractivity contribution in [3.8, 4) is 0 Å². The highest BCUT2D eigenvalue weighted by atomic mass is 35.5. The van der Waals surface area contributed by atoms with Gasteiger partial charge in [0.25, 0.3) is 11.8 Å². The molecule has 0 aliphatic carbocycles. The first-order valence-corrected chi connectivity index (χ1v) is 8.32. The molecule has 5 nitrogen and oxygen atoms in total. The van der Waals surface area contributed by atoms with Gasteiger partial charge in [-0.15, -0.1) is 0 Å². The maximum atomic E-state index is 12.4. The third-order valence-corrected chi connectivity index (χ3v) is 4.74. The van der Waals surface area contributed by atoms with Crippen molar-refractivity contribution in [2.75, 3.05) is 11.9 Å². The molecule has 128 valence electrons. The number of anilines is 1. The summed E-state index contributed by atoms with van der Waals surface area (Å²) < 4.78 is 0. The van der Waals surface area contributed by atoms with Crippen molar-refractivity contribution in [1.29, 1.82) is 0 Å². The summed E-state index contributed by atoms with van der Waals surface area (Å²) in [6.07, 6.45) is 0. The number of imide groups is 1. The van der Waals surface area contributed by atoms with E-state index < -0.39 is 24.3 Å². The van der Waals surface area contributed by atoms with Crippen LogP contribution in [0.2, 0.25) is 15.1 Å². The minimum atomic E-state index is -0.587. The molecule has 1 aliphatic heterocycles. The summed E-state index contributed by atoms with van der Waals surface area (Å²) in [5.74, 6) is -1.69. The van der Waals surface area contributed by atoms with Crippen LogP contribution in [0.15, 0.2) is 30.3 Å². The van der Waals surface area contributed by atoms with Gasteiger partial charge in [0, 0.05) is 10.7 Å². The monoisotopic (exact) mass is 396 g/mol. The van der Waals surface area contributed by atoms with Crippen LogP contribution in [0.3, 0.4) is 0 Å². The van der Waals surface area contributed by atoms with Crippen molar-refractivity contribution in [2.45, 2.75) is 6.92 Å². The second-order valence-electron chi connectivity index (χ2n) is 5.52. The molecular weight excluding hydrogens is 387 g/mol. The Bertz CT molecular complexity index is 887. The predicted octanol–water partition coefficient (Wildman–Crippen LogP) is 4.19. The van der Waals surface area contributed by atoms with E-state index in [0.29, 0.717) is 10.7 Å². The largest absolute Gasteiger partial charge is 0.324 e. The number of halogens is 3. The maximum Gasteiger partial charge on any atom is 0.262 e. The van der Waals surface area contributed by atoms with Crippen LogP contribution in [0.25, 0.3) is 0 Å².